The molecular formula is C29H30ClN3O. The van der Waals surface area contributed by atoms with Crippen molar-refractivity contribution in [1.82, 2.24) is 9.91 Å². The highest BCUT2D eigenvalue weighted by molar-refractivity contribution is 6.30. The van der Waals surface area contributed by atoms with Crippen LogP contribution in [0.15, 0.2) is 90.0 Å². The molecule has 0 N–H and O–H groups in total. The average Bonchev–Trinajstić information content (AvgIpc) is 3.33. The third-order valence-corrected chi connectivity index (χ3v) is 7.21. The molecule has 0 aliphatic carbocycles. The number of benzene rings is 3. The zero-order chi connectivity index (χ0) is 23.3. The summed E-state index contributed by atoms with van der Waals surface area (Å²) in [7, 11) is 0. The first-order valence-electron chi connectivity index (χ1n) is 12.1. The number of hydrogen-bond donors (Lipinski definition) is 0. The van der Waals surface area contributed by atoms with Gasteiger partial charge in [0.25, 0.3) is 5.91 Å². The Morgan fingerprint density at radius 3 is 2.21 bits per heavy atom. The van der Waals surface area contributed by atoms with Crippen molar-refractivity contribution in [3.8, 4) is 0 Å². The summed E-state index contributed by atoms with van der Waals surface area (Å²) in [6.45, 7) is 2.32. The minimum absolute atomic E-state index is 0.0624. The average molecular weight is 472 g/mol. The Morgan fingerprint density at radius 2 is 1.53 bits per heavy atom. The fourth-order valence-corrected chi connectivity index (χ4v) is 5.18. The summed E-state index contributed by atoms with van der Waals surface area (Å²) in [5, 5.41) is 7.22. The highest BCUT2D eigenvalue weighted by Gasteiger charge is 2.34. The lowest BCUT2D eigenvalue weighted by Crippen LogP contribution is -2.42. The molecule has 1 saturated heterocycles. The lowest BCUT2D eigenvalue weighted by Gasteiger charge is -2.33. The quantitative estimate of drug-likeness (QED) is 0.444. The standard InChI is InChI=1S/C29H30ClN3O/c30-26-13-11-25(12-14-26)28-20-27(24-9-5-2-6-10-24)31-33(28)29(34)21-32-17-15-23(16-18-32)19-22-7-3-1-4-8-22/h1-14,23,28H,15-21H2. The molecular weight excluding hydrogens is 442 g/mol. The number of carbonyl (C=O) groups excluding carboxylic acids is 1. The second-order valence-electron chi connectivity index (χ2n) is 9.33. The lowest BCUT2D eigenvalue weighted by molar-refractivity contribution is -0.134. The SMILES string of the molecule is O=C(CN1CCC(Cc2ccccc2)CC1)N1N=C(c2ccccc2)CC1c1ccc(Cl)cc1. The van der Waals surface area contributed by atoms with Crippen LogP contribution < -0.4 is 0 Å². The van der Waals surface area contributed by atoms with E-state index in [1.54, 1.807) is 5.01 Å². The molecule has 174 valence electrons. The third kappa shape index (κ3) is 5.40. The van der Waals surface area contributed by atoms with Gasteiger partial charge in [0.05, 0.1) is 18.3 Å². The molecule has 3 aromatic rings. The van der Waals surface area contributed by atoms with Gasteiger partial charge in [0, 0.05) is 11.4 Å². The van der Waals surface area contributed by atoms with Gasteiger partial charge in [-0.15, -0.1) is 0 Å². The molecule has 1 amide bonds. The predicted molar refractivity (Wildman–Crippen MR) is 138 cm³/mol. The number of piperidine rings is 1. The number of likely N-dealkylation sites (tertiary alicyclic amines) is 1. The molecule has 0 bridgehead atoms. The van der Waals surface area contributed by atoms with Gasteiger partial charge in [0.1, 0.15) is 0 Å². The molecule has 34 heavy (non-hydrogen) atoms. The molecule has 1 unspecified atom stereocenters. The maximum atomic E-state index is 13.5. The number of amides is 1. The van der Waals surface area contributed by atoms with E-state index in [4.69, 9.17) is 16.7 Å². The van der Waals surface area contributed by atoms with Crippen LogP contribution >= 0.6 is 11.6 Å². The molecule has 5 rings (SSSR count). The van der Waals surface area contributed by atoms with Crippen molar-refractivity contribution in [3.63, 3.8) is 0 Å². The Hall–Kier alpha value is -2.95. The van der Waals surface area contributed by atoms with E-state index in [1.165, 1.54) is 5.56 Å². The smallest absolute Gasteiger partial charge is 0.257 e. The van der Waals surface area contributed by atoms with Crippen molar-refractivity contribution >= 4 is 23.2 Å². The van der Waals surface area contributed by atoms with E-state index in [-0.39, 0.29) is 11.9 Å². The lowest BCUT2D eigenvalue weighted by atomic mass is 9.90. The summed E-state index contributed by atoms with van der Waals surface area (Å²) < 4.78 is 0. The van der Waals surface area contributed by atoms with Crippen LogP contribution in [-0.4, -0.2) is 41.2 Å². The summed E-state index contributed by atoms with van der Waals surface area (Å²) in [5.74, 6) is 0.748. The van der Waals surface area contributed by atoms with Gasteiger partial charge in [-0.2, -0.15) is 5.10 Å². The van der Waals surface area contributed by atoms with E-state index in [1.807, 2.05) is 42.5 Å². The summed E-state index contributed by atoms with van der Waals surface area (Å²) in [6, 6.07) is 28.5. The molecule has 0 spiro atoms. The third-order valence-electron chi connectivity index (χ3n) is 6.96. The second-order valence-corrected chi connectivity index (χ2v) is 9.77. The molecule has 4 nitrogen and oxygen atoms in total. The molecule has 3 aromatic carbocycles. The van der Waals surface area contributed by atoms with Crippen molar-refractivity contribution < 1.29 is 4.79 Å². The van der Waals surface area contributed by atoms with Crippen LogP contribution in [0.1, 0.15) is 42.0 Å². The molecule has 2 aliphatic rings. The topological polar surface area (TPSA) is 35.9 Å². The van der Waals surface area contributed by atoms with Gasteiger partial charge in [-0.05, 0) is 67.1 Å². The second kappa shape index (κ2) is 10.5. The monoisotopic (exact) mass is 471 g/mol. The Bertz CT molecular complexity index is 1120. The highest BCUT2D eigenvalue weighted by Crippen LogP contribution is 2.33. The van der Waals surface area contributed by atoms with E-state index in [2.05, 4.69) is 47.4 Å². The van der Waals surface area contributed by atoms with Crippen LogP contribution in [0.25, 0.3) is 0 Å². The van der Waals surface area contributed by atoms with E-state index >= 15 is 0 Å². The first kappa shape index (κ1) is 22.8. The van der Waals surface area contributed by atoms with E-state index in [9.17, 15) is 4.79 Å². The number of rotatable bonds is 6. The first-order valence-corrected chi connectivity index (χ1v) is 12.5. The van der Waals surface area contributed by atoms with Crippen molar-refractivity contribution in [3.05, 3.63) is 107 Å². The Labute approximate surface area is 206 Å². The fourth-order valence-electron chi connectivity index (χ4n) is 5.05. The maximum absolute atomic E-state index is 13.5. The van der Waals surface area contributed by atoms with Gasteiger partial charge in [0.15, 0.2) is 0 Å². The van der Waals surface area contributed by atoms with Crippen LogP contribution in [0.3, 0.4) is 0 Å². The van der Waals surface area contributed by atoms with Crippen molar-refractivity contribution in [2.75, 3.05) is 19.6 Å². The van der Waals surface area contributed by atoms with Crippen LogP contribution in [0, 0.1) is 5.92 Å². The molecule has 0 radical (unpaired) electrons. The minimum Gasteiger partial charge on any atom is -0.294 e. The largest absolute Gasteiger partial charge is 0.294 e. The van der Waals surface area contributed by atoms with Crippen molar-refractivity contribution in [1.29, 1.82) is 0 Å². The van der Waals surface area contributed by atoms with Crippen LogP contribution in [-0.2, 0) is 11.2 Å². The molecule has 0 aromatic heterocycles. The van der Waals surface area contributed by atoms with Gasteiger partial charge in [-0.3, -0.25) is 9.69 Å². The van der Waals surface area contributed by atoms with Gasteiger partial charge in [-0.1, -0.05) is 84.4 Å². The summed E-state index contributed by atoms with van der Waals surface area (Å²) in [4.78, 5) is 15.8. The number of hydrazone groups is 1. The molecule has 1 atom stereocenters. The van der Waals surface area contributed by atoms with E-state index in [0.717, 1.165) is 49.2 Å². The number of nitrogens with zero attached hydrogens (tertiary/aromatic N) is 3. The number of hydrogen-bond acceptors (Lipinski definition) is 3. The minimum atomic E-state index is -0.101. The van der Waals surface area contributed by atoms with Gasteiger partial charge in [0.2, 0.25) is 0 Å². The van der Waals surface area contributed by atoms with Gasteiger partial charge in [-0.25, -0.2) is 5.01 Å². The molecule has 2 heterocycles. The van der Waals surface area contributed by atoms with E-state index < -0.39 is 0 Å². The van der Waals surface area contributed by atoms with Crippen LogP contribution in [0.5, 0.6) is 0 Å². The predicted octanol–water partition coefficient (Wildman–Crippen LogP) is 5.97. The molecule has 0 saturated carbocycles. The highest BCUT2D eigenvalue weighted by atomic mass is 35.5. The number of carbonyl (C=O) groups is 1. The Kier molecular flexibility index (Phi) is 7.08. The van der Waals surface area contributed by atoms with Crippen LogP contribution in [0.4, 0.5) is 0 Å². The zero-order valence-corrected chi connectivity index (χ0v) is 20.1. The van der Waals surface area contributed by atoms with Gasteiger partial charge >= 0.3 is 0 Å². The Morgan fingerprint density at radius 1 is 0.882 bits per heavy atom. The normalized spacial score (nSPS) is 19.3. The summed E-state index contributed by atoms with van der Waals surface area (Å²) >= 11 is 6.12. The van der Waals surface area contributed by atoms with Gasteiger partial charge < -0.3 is 0 Å². The van der Waals surface area contributed by atoms with E-state index in [0.29, 0.717) is 23.9 Å². The molecule has 1 fully saturated rings. The number of halogens is 1. The first-order chi connectivity index (χ1) is 16.7. The fraction of sp³-hybridized carbons (Fsp3) is 0.310. The molecule has 5 heteroatoms. The maximum Gasteiger partial charge on any atom is 0.257 e. The van der Waals surface area contributed by atoms with Crippen molar-refractivity contribution in [2.24, 2.45) is 11.0 Å². The van der Waals surface area contributed by atoms with Crippen LogP contribution in [0.2, 0.25) is 5.02 Å². The Balaban J connectivity index is 1.25. The molecule has 2 aliphatic heterocycles. The summed E-state index contributed by atoms with van der Waals surface area (Å²) in [5.41, 5.74) is 4.49. The zero-order valence-electron chi connectivity index (χ0n) is 19.3. The van der Waals surface area contributed by atoms with Crippen molar-refractivity contribution in [2.45, 2.75) is 31.7 Å². The summed E-state index contributed by atoms with van der Waals surface area (Å²) in [6.07, 6.45) is 4.08.